The predicted molar refractivity (Wildman–Crippen MR) is 119 cm³/mol. The van der Waals surface area contributed by atoms with E-state index in [1.54, 1.807) is 24.3 Å². The molecule has 0 bridgehead atoms. The average Bonchev–Trinajstić information content (AvgIpc) is 3.25. The summed E-state index contributed by atoms with van der Waals surface area (Å²) in [5, 5.41) is 20.9. The van der Waals surface area contributed by atoms with Crippen LogP contribution in [-0.2, 0) is 0 Å². The highest BCUT2D eigenvalue weighted by atomic mass is 19.3. The molecule has 1 aromatic heterocycles. The number of nitrogens with one attached hydrogen (secondary N) is 2. The lowest BCUT2D eigenvalue weighted by molar-refractivity contribution is 0.0536. The Hall–Kier alpha value is -3.89. The SMILES string of the molecule is O=C(Nc1cccc(OC[C@H](O)CO)c1)c1cc(F)cc2[nH]c(-c3ccccc3C(F)F)nc12. The summed E-state index contributed by atoms with van der Waals surface area (Å²) in [5.41, 5.74) is 0.452. The number of aromatic nitrogens is 2. The maximum atomic E-state index is 14.3. The second kappa shape index (κ2) is 9.94. The van der Waals surface area contributed by atoms with Crippen molar-refractivity contribution < 1.29 is 32.9 Å². The molecule has 0 aliphatic heterocycles. The summed E-state index contributed by atoms with van der Waals surface area (Å²) >= 11 is 0. The quantitative estimate of drug-likeness (QED) is 0.307. The maximum Gasteiger partial charge on any atom is 0.264 e. The number of ether oxygens (including phenoxy) is 1. The van der Waals surface area contributed by atoms with Crippen LogP contribution in [0.2, 0.25) is 0 Å². The molecule has 0 unspecified atom stereocenters. The van der Waals surface area contributed by atoms with Gasteiger partial charge in [0.05, 0.1) is 17.7 Å². The van der Waals surface area contributed by atoms with E-state index < -0.39 is 30.9 Å². The van der Waals surface area contributed by atoms with Crippen LogP contribution in [0.15, 0.2) is 60.7 Å². The first-order valence-electron chi connectivity index (χ1n) is 10.3. The van der Waals surface area contributed by atoms with Gasteiger partial charge in [-0.15, -0.1) is 0 Å². The largest absolute Gasteiger partial charge is 0.491 e. The molecule has 0 aliphatic carbocycles. The summed E-state index contributed by atoms with van der Waals surface area (Å²) in [4.78, 5) is 20.1. The van der Waals surface area contributed by atoms with Crippen molar-refractivity contribution in [3.8, 4) is 17.1 Å². The molecule has 34 heavy (non-hydrogen) atoms. The molecule has 7 nitrogen and oxygen atoms in total. The van der Waals surface area contributed by atoms with Crippen molar-refractivity contribution in [1.82, 2.24) is 9.97 Å². The van der Waals surface area contributed by atoms with Crippen LogP contribution in [0.4, 0.5) is 18.9 Å². The predicted octanol–water partition coefficient (Wildman–Crippen LogP) is 4.29. The number of aromatic amines is 1. The summed E-state index contributed by atoms with van der Waals surface area (Å²) in [5.74, 6) is -0.953. The van der Waals surface area contributed by atoms with Crippen molar-refractivity contribution in [1.29, 1.82) is 0 Å². The van der Waals surface area contributed by atoms with Crippen molar-refractivity contribution in [3.05, 3.63) is 77.6 Å². The first-order chi connectivity index (χ1) is 16.4. The molecule has 0 aliphatic rings. The number of benzene rings is 3. The Labute approximate surface area is 191 Å². The molecule has 0 spiro atoms. The third kappa shape index (κ3) is 5.03. The fourth-order valence-corrected chi connectivity index (χ4v) is 3.39. The van der Waals surface area contributed by atoms with Gasteiger partial charge in [-0.3, -0.25) is 4.79 Å². The number of anilines is 1. The van der Waals surface area contributed by atoms with Gasteiger partial charge < -0.3 is 25.3 Å². The van der Waals surface area contributed by atoms with Gasteiger partial charge in [0.1, 0.15) is 35.6 Å². The van der Waals surface area contributed by atoms with Gasteiger partial charge in [0.25, 0.3) is 12.3 Å². The molecule has 1 amide bonds. The summed E-state index contributed by atoms with van der Waals surface area (Å²) in [7, 11) is 0. The van der Waals surface area contributed by atoms with Crippen LogP contribution in [-0.4, -0.2) is 45.4 Å². The Morgan fingerprint density at radius 2 is 1.91 bits per heavy atom. The van der Waals surface area contributed by atoms with E-state index in [-0.39, 0.29) is 40.2 Å². The van der Waals surface area contributed by atoms with Crippen molar-refractivity contribution in [2.75, 3.05) is 18.5 Å². The van der Waals surface area contributed by atoms with Gasteiger partial charge in [-0.2, -0.15) is 0 Å². The molecule has 3 aromatic carbocycles. The van der Waals surface area contributed by atoms with Crippen LogP contribution in [0.5, 0.6) is 5.75 Å². The van der Waals surface area contributed by atoms with E-state index in [0.29, 0.717) is 11.4 Å². The number of nitrogens with zero attached hydrogens (tertiary/aromatic N) is 1. The number of carbonyl (C=O) groups is 1. The molecule has 0 saturated carbocycles. The molecule has 1 atom stereocenters. The molecule has 0 saturated heterocycles. The monoisotopic (exact) mass is 471 g/mol. The molecule has 4 aromatic rings. The normalized spacial score (nSPS) is 12.2. The molecule has 176 valence electrons. The number of hydrogen-bond acceptors (Lipinski definition) is 5. The number of aliphatic hydroxyl groups excluding tert-OH is 2. The zero-order valence-corrected chi connectivity index (χ0v) is 17.6. The van der Waals surface area contributed by atoms with Gasteiger partial charge in [0, 0.05) is 22.9 Å². The van der Waals surface area contributed by atoms with E-state index >= 15 is 0 Å². The number of hydrogen-bond donors (Lipinski definition) is 4. The van der Waals surface area contributed by atoms with E-state index in [1.807, 2.05) is 0 Å². The highest BCUT2D eigenvalue weighted by Crippen LogP contribution is 2.31. The minimum absolute atomic E-state index is 0.0865. The fourth-order valence-electron chi connectivity index (χ4n) is 3.39. The highest BCUT2D eigenvalue weighted by Gasteiger charge is 2.20. The van der Waals surface area contributed by atoms with Crippen LogP contribution in [0.1, 0.15) is 22.3 Å². The van der Waals surface area contributed by atoms with Crippen molar-refractivity contribution in [2.24, 2.45) is 0 Å². The molecular formula is C24H20F3N3O4. The van der Waals surface area contributed by atoms with Crippen LogP contribution in [0.3, 0.4) is 0 Å². The Morgan fingerprint density at radius 3 is 2.68 bits per heavy atom. The van der Waals surface area contributed by atoms with Gasteiger partial charge >= 0.3 is 0 Å². The first-order valence-corrected chi connectivity index (χ1v) is 10.3. The average molecular weight is 471 g/mol. The summed E-state index contributed by atoms with van der Waals surface area (Å²) in [6.07, 6.45) is -3.79. The molecule has 0 radical (unpaired) electrons. The Morgan fingerprint density at radius 1 is 1.12 bits per heavy atom. The Bertz CT molecular complexity index is 1330. The number of amides is 1. The molecule has 1 heterocycles. The smallest absolute Gasteiger partial charge is 0.264 e. The summed E-state index contributed by atoms with van der Waals surface area (Å²) in [6, 6.07) is 14.2. The van der Waals surface area contributed by atoms with Gasteiger partial charge in [-0.05, 0) is 24.3 Å². The van der Waals surface area contributed by atoms with Crippen LogP contribution in [0.25, 0.3) is 22.4 Å². The number of imidazole rings is 1. The highest BCUT2D eigenvalue weighted by molar-refractivity contribution is 6.12. The first kappa shape index (κ1) is 23.3. The molecule has 0 fully saturated rings. The molecular weight excluding hydrogens is 451 g/mol. The van der Waals surface area contributed by atoms with Gasteiger partial charge in [0.15, 0.2) is 0 Å². The number of halogens is 3. The lowest BCUT2D eigenvalue weighted by Gasteiger charge is -2.11. The second-order valence-corrected chi connectivity index (χ2v) is 7.45. The lowest BCUT2D eigenvalue weighted by atomic mass is 10.1. The fraction of sp³-hybridized carbons (Fsp3) is 0.167. The van der Waals surface area contributed by atoms with E-state index in [4.69, 9.17) is 9.84 Å². The second-order valence-electron chi connectivity index (χ2n) is 7.45. The topological polar surface area (TPSA) is 107 Å². The van der Waals surface area contributed by atoms with Crippen LogP contribution < -0.4 is 10.1 Å². The van der Waals surface area contributed by atoms with Gasteiger partial charge in [-0.1, -0.05) is 30.3 Å². The van der Waals surface area contributed by atoms with Gasteiger partial charge in [-0.25, -0.2) is 18.2 Å². The van der Waals surface area contributed by atoms with Gasteiger partial charge in [0.2, 0.25) is 0 Å². The number of aliphatic hydroxyl groups is 2. The van der Waals surface area contributed by atoms with E-state index in [2.05, 4.69) is 15.3 Å². The third-order valence-corrected chi connectivity index (χ3v) is 4.99. The number of alkyl halides is 2. The van der Waals surface area contributed by atoms with E-state index in [9.17, 15) is 23.1 Å². The number of H-pyrrole nitrogens is 1. The number of rotatable bonds is 8. The zero-order valence-electron chi connectivity index (χ0n) is 17.6. The van der Waals surface area contributed by atoms with Crippen LogP contribution >= 0.6 is 0 Å². The lowest BCUT2D eigenvalue weighted by Crippen LogP contribution is -2.21. The molecule has 4 N–H and O–H groups in total. The van der Waals surface area contributed by atoms with Crippen LogP contribution in [0, 0.1) is 5.82 Å². The molecule has 10 heteroatoms. The van der Waals surface area contributed by atoms with E-state index in [0.717, 1.165) is 12.1 Å². The summed E-state index contributed by atoms with van der Waals surface area (Å²) in [6.45, 7) is -0.603. The van der Waals surface area contributed by atoms with Crippen molar-refractivity contribution >= 4 is 22.6 Å². The Kier molecular flexibility index (Phi) is 6.80. The standard InChI is InChI=1S/C24H20F3N3O4/c25-13-8-19(24(33)28-14-4-3-5-16(10-14)34-12-15(32)11-31)21-20(9-13)29-23(30-21)18-7-2-1-6-17(18)22(26)27/h1-10,15,22,31-32H,11-12H2,(H,28,33)(H,29,30)/t15-/m1/s1. The van der Waals surface area contributed by atoms with E-state index in [1.165, 1.54) is 24.3 Å². The minimum Gasteiger partial charge on any atom is -0.491 e. The maximum absolute atomic E-state index is 14.3. The Balaban J connectivity index is 1.64. The minimum atomic E-state index is -2.74. The number of carbonyl (C=O) groups excluding carboxylic acids is 1. The molecule has 4 rings (SSSR count). The third-order valence-electron chi connectivity index (χ3n) is 4.99. The van der Waals surface area contributed by atoms with Crippen molar-refractivity contribution in [3.63, 3.8) is 0 Å². The summed E-state index contributed by atoms with van der Waals surface area (Å²) < 4.78 is 46.5. The zero-order chi connectivity index (χ0) is 24.2. The number of fused-ring (bicyclic) bond motifs is 1. The van der Waals surface area contributed by atoms with Crippen molar-refractivity contribution in [2.45, 2.75) is 12.5 Å².